The van der Waals surface area contributed by atoms with Crippen molar-refractivity contribution in [1.29, 1.82) is 0 Å². The lowest BCUT2D eigenvalue weighted by Crippen LogP contribution is -2.18. The molecule has 0 bridgehead atoms. The Balaban J connectivity index is 2.22. The summed E-state index contributed by atoms with van der Waals surface area (Å²) in [6, 6.07) is 1.74. The van der Waals surface area contributed by atoms with Gasteiger partial charge in [0.15, 0.2) is 0 Å². The van der Waals surface area contributed by atoms with Gasteiger partial charge in [-0.2, -0.15) is 18.3 Å². The van der Waals surface area contributed by atoms with E-state index in [9.17, 15) is 13.2 Å². The Morgan fingerprint density at radius 1 is 1.53 bits per heavy atom. The van der Waals surface area contributed by atoms with Crippen molar-refractivity contribution in [1.82, 2.24) is 15.1 Å². The molecule has 0 saturated heterocycles. The molecule has 0 amide bonds. The van der Waals surface area contributed by atoms with E-state index in [-0.39, 0.29) is 24.1 Å². The summed E-state index contributed by atoms with van der Waals surface area (Å²) in [6.07, 6.45) is 0. The van der Waals surface area contributed by atoms with Crippen LogP contribution in [0.15, 0.2) is 6.07 Å². The molecule has 0 aliphatic carbocycles. The number of nitrogens with one attached hydrogen (secondary N) is 1. The van der Waals surface area contributed by atoms with Crippen molar-refractivity contribution in [2.75, 3.05) is 19.4 Å². The Morgan fingerprint density at radius 3 is 2.76 bits per heavy atom. The van der Waals surface area contributed by atoms with E-state index < -0.39 is 5.51 Å². The van der Waals surface area contributed by atoms with Crippen molar-refractivity contribution >= 4 is 11.8 Å². The maximum atomic E-state index is 11.8. The number of hydrogen-bond donors (Lipinski definition) is 1. The van der Waals surface area contributed by atoms with Gasteiger partial charge >= 0.3 is 5.51 Å². The third kappa shape index (κ3) is 5.31. The van der Waals surface area contributed by atoms with Crippen LogP contribution in [-0.4, -0.2) is 34.7 Å². The maximum Gasteiger partial charge on any atom is 0.441 e. The molecule has 98 valence electrons. The summed E-state index contributed by atoms with van der Waals surface area (Å²) < 4.78 is 42.0. The van der Waals surface area contributed by atoms with Gasteiger partial charge in [-0.25, -0.2) is 4.68 Å². The Labute approximate surface area is 102 Å². The minimum Gasteiger partial charge on any atom is -0.481 e. The van der Waals surface area contributed by atoms with Gasteiger partial charge < -0.3 is 10.1 Å². The monoisotopic (exact) mass is 269 g/mol. The largest absolute Gasteiger partial charge is 0.481 e. The lowest BCUT2D eigenvalue weighted by Gasteiger charge is -2.05. The van der Waals surface area contributed by atoms with Crippen LogP contribution < -0.4 is 10.1 Å². The third-order valence-electron chi connectivity index (χ3n) is 1.95. The molecule has 1 heterocycles. The molecule has 4 nitrogen and oxygen atoms in total. The number of methoxy groups -OCH3 is 1. The van der Waals surface area contributed by atoms with Crippen LogP contribution in [0.2, 0.25) is 0 Å². The van der Waals surface area contributed by atoms with Gasteiger partial charge in [0.2, 0.25) is 5.88 Å². The smallest absolute Gasteiger partial charge is 0.441 e. The summed E-state index contributed by atoms with van der Waals surface area (Å²) in [7, 11) is 3.27. The van der Waals surface area contributed by atoms with Crippen molar-refractivity contribution in [3.63, 3.8) is 0 Å². The van der Waals surface area contributed by atoms with E-state index in [2.05, 4.69) is 10.4 Å². The molecular formula is C9H14F3N3OS. The second kappa shape index (κ2) is 6.15. The average Bonchev–Trinajstić information content (AvgIpc) is 2.57. The van der Waals surface area contributed by atoms with E-state index in [4.69, 9.17) is 4.74 Å². The predicted molar refractivity (Wildman–Crippen MR) is 60.0 cm³/mol. The molecule has 0 spiro atoms. The minimum atomic E-state index is -4.16. The van der Waals surface area contributed by atoms with E-state index in [1.165, 1.54) is 7.11 Å². The molecule has 0 unspecified atom stereocenters. The zero-order valence-corrected chi connectivity index (χ0v) is 10.4. The lowest BCUT2D eigenvalue weighted by molar-refractivity contribution is -0.0327. The van der Waals surface area contributed by atoms with Crippen LogP contribution in [-0.2, 0) is 13.6 Å². The Hall–Kier alpha value is -0.890. The number of thioether (sulfide) groups is 1. The fraction of sp³-hybridized carbons (Fsp3) is 0.667. The van der Waals surface area contributed by atoms with Gasteiger partial charge in [0.05, 0.1) is 12.8 Å². The molecule has 1 rings (SSSR count). The topological polar surface area (TPSA) is 39.1 Å². The molecule has 0 radical (unpaired) electrons. The van der Waals surface area contributed by atoms with Gasteiger partial charge in [0.25, 0.3) is 0 Å². The number of hydrogen-bond acceptors (Lipinski definition) is 4. The number of aromatic nitrogens is 2. The van der Waals surface area contributed by atoms with E-state index >= 15 is 0 Å². The highest BCUT2D eigenvalue weighted by atomic mass is 32.2. The van der Waals surface area contributed by atoms with E-state index in [0.717, 1.165) is 5.69 Å². The Kier molecular flexibility index (Phi) is 5.13. The van der Waals surface area contributed by atoms with Gasteiger partial charge in [-0.1, -0.05) is 0 Å². The van der Waals surface area contributed by atoms with Crippen molar-refractivity contribution < 1.29 is 17.9 Å². The quantitative estimate of drug-likeness (QED) is 0.799. The first-order chi connectivity index (χ1) is 7.92. The van der Waals surface area contributed by atoms with Crippen LogP contribution in [0.5, 0.6) is 5.88 Å². The van der Waals surface area contributed by atoms with Crippen LogP contribution in [0.1, 0.15) is 5.69 Å². The van der Waals surface area contributed by atoms with Crippen molar-refractivity contribution in [2.45, 2.75) is 12.1 Å². The van der Waals surface area contributed by atoms with Gasteiger partial charge in [0, 0.05) is 32.0 Å². The first-order valence-electron chi connectivity index (χ1n) is 4.90. The average molecular weight is 269 g/mol. The molecular weight excluding hydrogens is 255 g/mol. The fourth-order valence-corrected chi connectivity index (χ4v) is 1.72. The van der Waals surface area contributed by atoms with Gasteiger partial charge in [-0.05, 0) is 11.8 Å². The number of rotatable bonds is 6. The first kappa shape index (κ1) is 14.2. The van der Waals surface area contributed by atoms with Crippen molar-refractivity contribution in [2.24, 2.45) is 7.05 Å². The van der Waals surface area contributed by atoms with Gasteiger partial charge in [0.1, 0.15) is 0 Å². The highest BCUT2D eigenvalue weighted by Crippen LogP contribution is 2.29. The molecule has 0 aromatic carbocycles. The summed E-state index contributed by atoms with van der Waals surface area (Å²) in [5.41, 5.74) is -3.42. The van der Waals surface area contributed by atoms with Gasteiger partial charge in [-0.3, -0.25) is 0 Å². The van der Waals surface area contributed by atoms with Crippen LogP contribution in [0.25, 0.3) is 0 Å². The molecule has 1 aromatic rings. The third-order valence-corrected chi connectivity index (χ3v) is 2.68. The van der Waals surface area contributed by atoms with E-state index in [0.29, 0.717) is 12.4 Å². The number of ether oxygens (including phenoxy) is 1. The summed E-state index contributed by atoms with van der Waals surface area (Å²) in [5.74, 6) is 0.611. The van der Waals surface area contributed by atoms with Crippen molar-refractivity contribution in [3.05, 3.63) is 11.8 Å². The second-order valence-electron chi connectivity index (χ2n) is 3.27. The first-order valence-corrected chi connectivity index (χ1v) is 5.89. The Bertz CT molecular complexity index is 354. The van der Waals surface area contributed by atoms with Crippen LogP contribution in [0, 0.1) is 0 Å². The normalized spacial score (nSPS) is 11.8. The summed E-state index contributed by atoms with van der Waals surface area (Å²) in [4.78, 5) is 0. The summed E-state index contributed by atoms with van der Waals surface area (Å²) in [6.45, 7) is 0.707. The molecule has 8 heteroatoms. The summed E-state index contributed by atoms with van der Waals surface area (Å²) >= 11 is -0.0312. The second-order valence-corrected chi connectivity index (χ2v) is 4.43. The maximum absolute atomic E-state index is 11.8. The molecule has 17 heavy (non-hydrogen) atoms. The van der Waals surface area contributed by atoms with Crippen molar-refractivity contribution in [3.8, 4) is 5.88 Å². The highest BCUT2D eigenvalue weighted by molar-refractivity contribution is 8.00. The standard InChI is InChI=1S/C9H14F3N3OS/c1-15-8(16-2)5-7(14-15)6-13-3-4-17-9(10,11)12/h5,13H,3-4,6H2,1-2H3. The molecule has 1 aromatic heterocycles. The zero-order chi connectivity index (χ0) is 12.9. The zero-order valence-electron chi connectivity index (χ0n) is 9.54. The number of alkyl halides is 3. The van der Waals surface area contributed by atoms with Crippen LogP contribution in [0.3, 0.4) is 0 Å². The van der Waals surface area contributed by atoms with E-state index in [1.54, 1.807) is 17.8 Å². The molecule has 0 aliphatic rings. The van der Waals surface area contributed by atoms with Crippen LogP contribution >= 0.6 is 11.8 Å². The number of nitrogens with zero attached hydrogens (tertiary/aromatic N) is 2. The minimum absolute atomic E-state index is 0.00648. The van der Waals surface area contributed by atoms with Crippen LogP contribution in [0.4, 0.5) is 13.2 Å². The molecule has 1 N–H and O–H groups in total. The number of halogens is 3. The molecule has 0 aliphatic heterocycles. The van der Waals surface area contributed by atoms with E-state index in [1.807, 2.05) is 0 Å². The molecule has 0 fully saturated rings. The molecule has 0 saturated carbocycles. The SMILES string of the molecule is COc1cc(CNCCSC(F)(F)F)nn1C. The summed E-state index contributed by atoms with van der Waals surface area (Å²) in [5, 5.41) is 7.01. The number of aryl methyl sites for hydroxylation is 1. The lowest BCUT2D eigenvalue weighted by atomic mass is 10.4. The fourth-order valence-electron chi connectivity index (χ4n) is 1.24. The Morgan fingerprint density at radius 2 is 2.24 bits per heavy atom. The predicted octanol–water partition coefficient (Wildman–Crippen LogP) is 1.77. The highest BCUT2D eigenvalue weighted by Gasteiger charge is 2.27. The van der Waals surface area contributed by atoms with Gasteiger partial charge in [-0.15, -0.1) is 0 Å². The molecule has 0 atom stereocenters.